The molecule has 0 radical (unpaired) electrons. The number of benzene rings is 2. The number of rotatable bonds is 3. The topological polar surface area (TPSA) is 41.1 Å². The van der Waals surface area contributed by atoms with E-state index in [1.165, 1.54) is 19.3 Å². The van der Waals surface area contributed by atoms with Crippen molar-refractivity contribution >= 4 is 40.0 Å². The van der Waals surface area contributed by atoms with Crippen LogP contribution >= 0.6 is 11.6 Å². The van der Waals surface area contributed by atoms with Crippen LogP contribution in [0.1, 0.15) is 19.3 Å². The minimum Gasteiger partial charge on any atom is -0.354 e. The molecule has 3 aromatic rings. The number of hydrogen-bond donors (Lipinski definition) is 1. The van der Waals surface area contributed by atoms with Gasteiger partial charge in [-0.25, -0.2) is 9.97 Å². The molecule has 5 heteroatoms. The first-order valence-corrected chi connectivity index (χ1v) is 8.72. The largest absolute Gasteiger partial charge is 0.354 e. The molecule has 0 spiro atoms. The predicted molar refractivity (Wildman–Crippen MR) is 100 cm³/mol. The summed E-state index contributed by atoms with van der Waals surface area (Å²) in [4.78, 5) is 12.0. The van der Waals surface area contributed by atoms with Gasteiger partial charge in [0.1, 0.15) is 0 Å². The maximum atomic E-state index is 5.98. The van der Waals surface area contributed by atoms with Crippen LogP contribution in [-0.4, -0.2) is 23.1 Å². The molecule has 0 atom stereocenters. The van der Waals surface area contributed by atoms with Gasteiger partial charge in [-0.1, -0.05) is 23.7 Å². The van der Waals surface area contributed by atoms with Gasteiger partial charge in [0.05, 0.1) is 11.0 Å². The van der Waals surface area contributed by atoms with E-state index in [1.54, 1.807) is 0 Å². The Bertz CT molecular complexity index is 842. The zero-order valence-electron chi connectivity index (χ0n) is 13.4. The highest BCUT2D eigenvalue weighted by molar-refractivity contribution is 6.30. The first-order chi connectivity index (χ1) is 11.8. The van der Waals surface area contributed by atoms with E-state index < -0.39 is 0 Å². The predicted octanol–water partition coefficient (Wildman–Crippen LogP) is 5.02. The van der Waals surface area contributed by atoms with Crippen molar-refractivity contribution in [3.05, 3.63) is 53.6 Å². The molecule has 1 aromatic heterocycles. The van der Waals surface area contributed by atoms with Crippen LogP contribution < -0.4 is 10.2 Å². The van der Waals surface area contributed by atoms with Crippen LogP contribution in [0.25, 0.3) is 11.0 Å². The molecule has 4 rings (SSSR count). The van der Waals surface area contributed by atoms with Crippen LogP contribution in [-0.2, 0) is 0 Å². The van der Waals surface area contributed by atoms with Crippen molar-refractivity contribution in [3.8, 4) is 0 Å². The van der Waals surface area contributed by atoms with Crippen LogP contribution in [0.5, 0.6) is 0 Å². The second-order valence-corrected chi connectivity index (χ2v) is 6.50. The van der Waals surface area contributed by atoms with E-state index in [1.807, 2.05) is 48.5 Å². The molecule has 0 amide bonds. The lowest BCUT2D eigenvalue weighted by atomic mass is 10.1. The third-order valence-corrected chi connectivity index (χ3v) is 4.57. The zero-order chi connectivity index (χ0) is 16.4. The van der Waals surface area contributed by atoms with Gasteiger partial charge in [0, 0.05) is 23.8 Å². The Morgan fingerprint density at radius 1 is 0.833 bits per heavy atom. The fraction of sp³-hybridized carbons (Fsp3) is 0.263. The number of hydrogen-bond acceptors (Lipinski definition) is 4. The summed E-state index contributed by atoms with van der Waals surface area (Å²) in [6.45, 7) is 2.06. The molecule has 122 valence electrons. The number of fused-ring (bicyclic) bond motifs is 1. The summed E-state index contributed by atoms with van der Waals surface area (Å²) in [6.07, 6.45) is 3.70. The average Bonchev–Trinajstić information content (AvgIpc) is 2.64. The molecular weight excluding hydrogens is 320 g/mol. The molecule has 24 heavy (non-hydrogen) atoms. The molecule has 0 bridgehead atoms. The van der Waals surface area contributed by atoms with Gasteiger partial charge in [-0.2, -0.15) is 0 Å². The molecule has 0 unspecified atom stereocenters. The Morgan fingerprint density at radius 2 is 1.50 bits per heavy atom. The quantitative estimate of drug-likeness (QED) is 0.728. The molecule has 1 fully saturated rings. The van der Waals surface area contributed by atoms with Crippen LogP contribution in [0.2, 0.25) is 5.02 Å². The lowest BCUT2D eigenvalue weighted by Gasteiger charge is -2.29. The summed E-state index contributed by atoms with van der Waals surface area (Å²) in [6, 6.07) is 15.7. The zero-order valence-corrected chi connectivity index (χ0v) is 14.1. The van der Waals surface area contributed by atoms with Crippen LogP contribution in [0, 0.1) is 0 Å². The Kier molecular flexibility index (Phi) is 4.22. The molecule has 0 aliphatic carbocycles. The van der Waals surface area contributed by atoms with Crippen molar-refractivity contribution in [1.29, 1.82) is 0 Å². The Hall–Kier alpha value is -2.33. The first kappa shape index (κ1) is 15.2. The average molecular weight is 339 g/mol. The molecule has 0 saturated carbocycles. The van der Waals surface area contributed by atoms with Gasteiger partial charge in [0.2, 0.25) is 0 Å². The van der Waals surface area contributed by atoms with Crippen LogP contribution in [0.4, 0.5) is 17.3 Å². The standard InChI is InChI=1S/C19H19ClN4/c20-14-8-10-15(11-9-14)21-18-19(24-12-4-1-5-13-24)23-17-7-3-2-6-16(17)22-18/h2-3,6-11H,1,4-5,12-13H2,(H,21,22). The smallest absolute Gasteiger partial charge is 0.174 e. The molecule has 2 aromatic carbocycles. The maximum absolute atomic E-state index is 5.98. The Balaban J connectivity index is 1.76. The molecular formula is C19H19ClN4. The molecule has 4 nitrogen and oxygen atoms in total. The number of piperidine rings is 1. The number of para-hydroxylation sites is 2. The van der Waals surface area contributed by atoms with Gasteiger partial charge in [0.25, 0.3) is 0 Å². The van der Waals surface area contributed by atoms with Gasteiger partial charge in [0.15, 0.2) is 11.6 Å². The van der Waals surface area contributed by atoms with Crippen molar-refractivity contribution in [2.24, 2.45) is 0 Å². The van der Waals surface area contributed by atoms with Crippen LogP contribution in [0.3, 0.4) is 0 Å². The van der Waals surface area contributed by atoms with Crippen LogP contribution in [0.15, 0.2) is 48.5 Å². The van der Waals surface area contributed by atoms with Gasteiger partial charge in [-0.05, 0) is 55.7 Å². The Labute approximate surface area is 146 Å². The highest BCUT2D eigenvalue weighted by Gasteiger charge is 2.18. The highest BCUT2D eigenvalue weighted by atomic mass is 35.5. The van der Waals surface area contributed by atoms with Gasteiger partial charge >= 0.3 is 0 Å². The number of anilines is 3. The summed E-state index contributed by atoms with van der Waals surface area (Å²) in [5.41, 5.74) is 2.79. The lowest BCUT2D eigenvalue weighted by molar-refractivity contribution is 0.574. The minimum atomic E-state index is 0.724. The van der Waals surface area contributed by atoms with Gasteiger partial charge < -0.3 is 10.2 Å². The molecule has 2 heterocycles. The first-order valence-electron chi connectivity index (χ1n) is 8.34. The maximum Gasteiger partial charge on any atom is 0.174 e. The summed E-state index contributed by atoms with van der Waals surface area (Å²) in [5, 5.41) is 4.14. The van der Waals surface area contributed by atoms with E-state index in [2.05, 4.69) is 10.2 Å². The normalized spacial score (nSPS) is 14.8. The third-order valence-electron chi connectivity index (χ3n) is 4.31. The molecule has 1 N–H and O–H groups in total. The van der Waals surface area contributed by atoms with Crippen molar-refractivity contribution < 1.29 is 0 Å². The summed E-state index contributed by atoms with van der Waals surface area (Å²) < 4.78 is 0. The van der Waals surface area contributed by atoms with Crippen molar-refractivity contribution in [3.63, 3.8) is 0 Å². The number of aromatic nitrogens is 2. The second kappa shape index (κ2) is 6.65. The van der Waals surface area contributed by atoms with E-state index in [4.69, 9.17) is 21.6 Å². The van der Waals surface area contributed by atoms with E-state index >= 15 is 0 Å². The SMILES string of the molecule is Clc1ccc(Nc2nc3ccccc3nc2N2CCCCC2)cc1. The van der Waals surface area contributed by atoms with Gasteiger partial charge in [-0.3, -0.25) is 0 Å². The fourth-order valence-corrected chi connectivity index (χ4v) is 3.20. The fourth-order valence-electron chi connectivity index (χ4n) is 3.07. The highest BCUT2D eigenvalue weighted by Crippen LogP contribution is 2.30. The van der Waals surface area contributed by atoms with Crippen molar-refractivity contribution in [2.45, 2.75) is 19.3 Å². The number of nitrogens with zero attached hydrogens (tertiary/aromatic N) is 3. The lowest BCUT2D eigenvalue weighted by Crippen LogP contribution is -2.31. The minimum absolute atomic E-state index is 0.724. The van der Waals surface area contributed by atoms with Gasteiger partial charge in [-0.15, -0.1) is 0 Å². The van der Waals surface area contributed by atoms with E-state index in [0.717, 1.165) is 46.5 Å². The number of halogens is 1. The summed E-state index contributed by atoms with van der Waals surface area (Å²) in [5.74, 6) is 1.74. The van der Waals surface area contributed by atoms with Crippen molar-refractivity contribution in [1.82, 2.24) is 9.97 Å². The summed E-state index contributed by atoms with van der Waals surface area (Å²) >= 11 is 5.98. The Morgan fingerprint density at radius 3 is 2.21 bits per heavy atom. The molecule has 1 aliphatic rings. The van der Waals surface area contributed by atoms with E-state index in [0.29, 0.717) is 0 Å². The summed E-state index contributed by atoms with van der Waals surface area (Å²) in [7, 11) is 0. The molecule has 1 aliphatic heterocycles. The second-order valence-electron chi connectivity index (χ2n) is 6.06. The van der Waals surface area contributed by atoms with Crippen molar-refractivity contribution in [2.75, 3.05) is 23.3 Å². The third kappa shape index (κ3) is 3.15. The van der Waals surface area contributed by atoms with E-state index in [9.17, 15) is 0 Å². The number of nitrogens with one attached hydrogen (secondary N) is 1. The van der Waals surface area contributed by atoms with E-state index in [-0.39, 0.29) is 0 Å². The molecule has 1 saturated heterocycles. The monoisotopic (exact) mass is 338 g/mol.